The van der Waals surface area contributed by atoms with Crippen LogP contribution >= 0.6 is 11.8 Å². The van der Waals surface area contributed by atoms with Crippen LogP contribution in [0.25, 0.3) is 17.1 Å². The number of thioether (sulfide) groups is 1. The number of carbonyl (C=O) groups excluding carboxylic acids is 1. The summed E-state index contributed by atoms with van der Waals surface area (Å²) in [5.41, 5.74) is 2.25. The number of aryl methyl sites for hydroxylation is 1. The smallest absolute Gasteiger partial charge is 0.316 e. The minimum atomic E-state index is -0.538. The van der Waals surface area contributed by atoms with Gasteiger partial charge in [-0.2, -0.15) is 0 Å². The highest BCUT2D eigenvalue weighted by atomic mass is 32.2. The summed E-state index contributed by atoms with van der Waals surface area (Å²) in [6.45, 7) is 7.56. The molecule has 1 heterocycles. The lowest BCUT2D eigenvalue weighted by Gasteiger charge is -2.19. The molecule has 0 N–H and O–H groups in total. The highest BCUT2D eigenvalue weighted by molar-refractivity contribution is 7.99. The van der Waals surface area contributed by atoms with Crippen molar-refractivity contribution in [1.82, 2.24) is 14.8 Å². The van der Waals surface area contributed by atoms with Gasteiger partial charge in [-0.15, -0.1) is 10.2 Å². The van der Waals surface area contributed by atoms with Gasteiger partial charge in [0.15, 0.2) is 11.0 Å². The number of aromatic nitrogens is 3. The van der Waals surface area contributed by atoms with Crippen LogP contribution in [0.1, 0.15) is 26.3 Å². The van der Waals surface area contributed by atoms with Gasteiger partial charge < -0.3 is 14.2 Å². The molecule has 3 aromatic rings. The Bertz CT molecular complexity index is 1050. The summed E-state index contributed by atoms with van der Waals surface area (Å²) < 4.78 is 18.2. The molecule has 8 heteroatoms. The van der Waals surface area contributed by atoms with Gasteiger partial charge in [0, 0.05) is 17.3 Å². The van der Waals surface area contributed by atoms with Crippen molar-refractivity contribution in [1.29, 1.82) is 0 Å². The van der Waals surface area contributed by atoms with E-state index in [0.29, 0.717) is 22.5 Å². The van der Waals surface area contributed by atoms with E-state index in [4.69, 9.17) is 14.2 Å². The highest BCUT2D eigenvalue weighted by Gasteiger charge is 2.21. The van der Waals surface area contributed by atoms with Gasteiger partial charge in [-0.25, -0.2) is 0 Å². The molecule has 0 amide bonds. The minimum absolute atomic E-state index is 0.128. The maximum absolute atomic E-state index is 12.2. The molecular formula is C23H27N3O4S. The molecule has 0 aliphatic heterocycles. The summed E-state index contributed by atoms with van der Waals surface area (Å²) in [4.78, 5) is 12.2. The van der Waals surface area contributed by atoms with Crippen LogP contribution in [0.4, 0.5) is 0 Å². The molecule has 0 saturated heterocycles. The van der Waals surface area contributed by atoms with Crippen molar-refractivity contribution in [3.8, 4) is 28.6 Å². The molecule has 0 bridgehead atoms. The van der Waals surface area contributed by atoms with Crippen molar-refractivity contribution in [2.24, 2.45) is 0 Å². The molecule has 0 radical (unpaired) electrons. The van der Waals surface area contributed by atoms with Gasteiger partial charge in [0.05, 0.1) is 20.0 Å². The Labute approximate surface area is 186 Å². The maximum Gasteiger partial charge on any atom is 0.316 e. The number of carbonyl (C=O) groups is 1. The second-order valence-corrected chi connectivity index (χ2v) is 8.90. The van der Waals surface area contributed by atoms with Crippen LogP contribution in [0.2, 0.25) is 0 Å². The normalized spacial score (nSPS) is 11.3. The Morgan fingerprint density at radius 1 is 1.03 bits per heavy atom. The third-order valence-corrected chi connectivity index (χ3v) is 5.14. The standard InChI is InChI=1S/C23H27N3O4S/c1-15-8-7-9-17(10-15)26-21(16-11-18(28-5)13-19(12-16)29-6)24-25-22(26)31-14-20(27)30-23(2,3)4/h7-13H,14H2,1-6H3. The van der Waals surface area contributed by atoms with E-state index in [-0.39, 0.29) is 11.7 Å². The zero-order valence-corrected chi connectivity index (χ0v) is 19.4. The summed E-state index contributed by atoms with van der Waals surface area (Å²) in [5, 5.41) is 9.38. The van der Waals surface area contributed by atoms with Gasteiger partial charge in [-0.1, -0.05) is 23.9 Å². The average Bonchev–Trinajstić information content (AvgIpc) is 3.14. The Hall–Kier alpha value is -3.00. The van der Waals surface area contributed by atoms with E-state index in [1.165, 1.54) is 11.8 Å². The van der Waals surface area contributed by atoms with E-state index in [1.807, 2.05) is 68.7 Å². The molecule has 2 aromatic carbocycles. The van der Waals surface area contributed by atoms with Gasteiger partial charge in [0.2, 0.25) is 0 Å². The largest absolute Gasteiger partial charge is 0.497 e. The molecule has 0 unspecified atom stereocenters. The van der Waals surface area contributed by atoms with E-state index in [9.17, 15) is 4.79 Å². The van der Waals surface area contributed by atoms with E-state index >= 15 is 0 Å². The Balaban J connectivity index is 2.04. The summed E-state index contributed by atoms with van der Waals surface area (Å²) in [7, 11) is 3.21. The number of hydrogen-bond acceptors (Lipinski definition) is 7. The minimum Gasteiger partial charge on any atom is -0.497 e. The summed E-state index contributed by atoms with van der Waals surface area (Å²) in [6.07, 6.45) is 0. The predicted octanol–water partition coefficient (Wildman–Crippen LogP) is 4.69. The SMILES string of the molecule is COc1cc(OC)cc(-c2nnc(SCC(=O)OC(C)(C)C)n2-c2cccc(C)c2)c1. The first kappa shape index (κ1) is 22.7. The topological polar surface area (TPSA) is 75.5 Å². The lowest BCUT2D eigenvalue weighted by molar-refractivity contribution is -0.151. The van der Waals surface area contributed by atoms with Gasteiger partial charge in [-0.05, 0) is 57.5 Å². The number of ether oxygens (including phenoxy) is 3. The van der Waals surface area contributed by atoms with Crippen LogP contribution in [0.5, 0.6) is 11.5 Å². The Morgan fingerprint density at radius 2 is 1.71 bits per heavy atom. The first-order valence-electron chi connectivity index (χ1n) is 9.80. The van der Waals surface area contributed by atoms with Crippen molar-refractivity contribution < 1.29 is 19.0 Å². The van der Waals surface area contributed by atoms with Crippen molar-refractivity contribution in [3.63, 3.8) is 0 Å². The van der Waals surface area contributed by atoms with Gasteiger partial charge in [0.25, 0.3) is 0 Å². The van der Waals surface area contributed by atoms with Crippen molar-refractivity contribution in [2.75, 3.05) is 20.0 Å². The van der Waals surface area contributed by atoms with E-state index in [1.54, 1.807) is 20.3 Å². The maximum atomic E-state index is 12.2. The summed E-state index contributed by atoms with van der Waals surface area (Å²) in [5.74, 6) is 1.74. The quantitative estimate of drug-likeness (QED) is 0.389. The van der Waals surface area contributed by atoms with Gasteiger partial charge in [0.1, 0.15) is 17.1 Å². The highest BCUT2D eigenvalue weighted by Crippen LogP contribution is 2.33. The zero-order valence-electron chi connectivity index (χ0n) is 18.6. The number of nitrogens with zero attached hydrogens (tertiary/aromatic N) is 3. The molecular weight excluding hydrogens is 414 g/mol. The molecule has 0 spiro atoms. The lowest BCUT2D eigenvalue weighted by atomic mass is 10.1. The number of hydrogen-bond donors (Lipinski definition) is 0. The van der Waals surface area contributed by atoms with Gasteiger partial charge >= 0.3 is 5.97 Å². The molecule has 164 valence electrons. The average molecular weight is 442 g/mol. The second kappa shape index (κ2) is 9.43. The molecule has 3 rings (SSSR count). The van der Waals surface area contributed by atoms with Gasteiger partial charge in [-0.3, -0.25) is 9.36 Å². The molecule has 1 aromatic heterocycles. The first-order chi connectivity index (χ1) is 14.7. The van der Waals surface area contributed by atoms with Crippen molar-refractivity contribution in [2.45, 2.75) is 38.5 Å². The fourth-order valence-corrected chi connectivity index (χ4v) is 3.71. The number of methoxy groups -OCH3 is 2. The monoisotopic (exact) mass is 441 g/mol. The van der Waals surface area contributed by atoms with E-state index in [0.717, 1.165) is 16.8 Å². The predicted molar refractivity (Wildman–Crippen MR) is 121 cm³/mol. The van der Waals surface area contributed by atoms with Crippen LogP contribution in [0.15, 0.2) is 47.6 Å². The molecule has 31 heavy (non-hydrogen) atoms. The van der Waals surface area contributed by atoms with Crippen molar-refractivity contribution >= 4 is 17.7 Å². The first-order valence-corrected chi connectivity index (χ1v) is 10.8. The summed E-state index contributed by atoms with van der Waals surface area (Å²) in [6, 6.07) is 13.6. The molecule has 0 fully saturated rings. The molecule has 0 aliphatic carbocycles. The van der Waals surface area contributed by atoms with E-state index < -0.39 is 5.60 Å². The number of rotatable bonds is 7. The van der Waals surface area contributed by atoms with E-state index in [2.05, 4.69) is 10.2 Å². The van der Waals surface area contributed by atoms with Crippen LogP contribution in [0.3, 0.4) is 0 Å². The third kappa shape index (κ3) is 5.79. The van der Waals surface area contributed by atoms with Crippen LogP contribution < -0.4 is 9.47 Å². The molecule has 0 aliphatic rings. The number of benzene rings is 2. The molecule has 7 nitrogen and oxygen atoms in total. The lowest BCUT2D eigenvalue weighted by Crippen LogP contribution is -2.25. The van der Waals surface area contributed by atoms with Crippen LogP contribution in [-0.4, -0.2) is 46.3 Å². The Kier molecular flexibility index (Phi) is 6.90. The number of esters is 1. The zero-order chi connectivity index (χ0) is 22.6. The third-order valence-electron chi connectivity index (χ3n) is 4.24. The molecule has 0 atom stereocenters. The van der Waals surface area contributed by atoms with Crippen LogP contribution in [-0.2, 0) is 9.53 Å². The Morgan fingerprint density at radius 3 is 2.29 bits per heavy atom. The molecule has 0 saturated carbocycles. The fraction of sp³-hybridized carbons (Fsp3) is 0.348. The fourth-order valence-electron chi connectivity index (χ4n) is 2.98. The second-order valence-electron chi connectivity index (χ2n) is 7.96. The van der Waals surface area contributed by atoms with Crippen LogP contribution in [0, 0.1) is 6.92 Å². The summed E-state index contributed by atoms with van der Waals surface area (Å²) >= 11 is 1.28. The van der Waals surface area contributed by atoms with Crippen molar-refractivity contribution in [3.05, 3.63) is 48.0 Å².